The zero-order valence-corrected chi connectivity index (χ0v) is 13.3. The van der Waals surface area contributed by atoms with Crippen molar-refractivity contribution in [1.29, 1.82) is 0 Å². The molecule has 0 aliphatic heterocycles. The topological polar surface area (TPSA) is 64.3 Å². The van der Waals surface area contributed by atoms with E-state index in [1.54, 1.807) is 0 Å². The van der Waals surface area contributed by atoms with E-state index in [1.807, 2.05) is 55.5 Å². The van der Waals surface area contributed by atoms with E-state index in [0.29, 0.717) is 5.75 Å². The molecule has 4 nitrogen and oxygen atoms in total. The third kappa shape index (κ3) is 4.88. The fourth-order valence-corrected chi connectivity index (χ4v) is 2.01. The fourth-order valence-electron chi connectivity index (χ4n) is 1.75. The molecule has 0 saturated carbocycles. The number of halogens is 1. The number of ether oxygens (including phenoxy) is 1. The summed E-state index contributed by atoms with van der Waals surface area (Å²) in [5.41, 5.74) is 7.54. The van der Waals surface area contributed by atoms with Crippen molar-refractivity contribution >= 4 is 27.5 Å². The molecule has 21 heavy (non-hydrogen) atoms. The van der Waals surface area contributed by atoms with Crippen molar-refractivity contribution in [3.8, 4) is 5.75 Å². The number of nitrogens with one attached hydrogen (secondary N) is 1. The van der Waals surface area contributed by atoms with Crippen LogP contribution in [0.25, 0.3) is 0 Å². The molecule has 2 rings (SSSR count). The molecule has 0 spiro atoms. The van der Waals surface area contributed by atoms with Gasteiger partial charge in [0.25, 0.3) is 5.91 Å². The van der Waals surface area contributed by atoms with Gasteiger partial charge >= 0.3 is 0 Å². The Morgan fingerprint density at radius 2 is 1.81 bits per heavy atom. The summed E-state index contributed by atoms with van der Waals surface area (Å²) in [5.74, 6) is 0.443. The van der Waals surface area contributed by atoms with Gasteiger partial charge in [0.05, 0.1) is 0 Å². The van der Waals surface area contributed by atoms with E-state index < -0.39 is 0 Å². The Bertz CT molecular complexity index is 595. The van der Waals surface area contributed by atoms with Crippen LogP contribution in [0.15, 0.2) is 53.0 Å². The zero-order valence-electron chi connectivity index (χ0n) is 11.7. The lowest BCUT2D eigenvalue weighted by atomic mass is 10.1. The van der Waals surface area contributed by atoms with Gasteiger partial charge in [0, 0.05) is 16.2 Å². The van der Waals surface area contributed by atoms with Crippen molar-refractivity contribution in [1.82, 2.24) is 0 Å². The third-order valence-corrected chi connectivity index (χ3v) is 3.43. The van der Waals surface area contributed by atoms with Crippen molar-refractivity contribution in [2.75, 3.05) is 11.9 Å². The summed E-state index contributed by atoms with van der Waals surface area (Å²) in [4.78, 5) is 11.8. The first-order chi connectivity index (χ1) is 10.0. The van der Waals surface area contributed by atoms with Crippen molar-refractivity contribution in [2.45, 2.75) is 13.0 Å². The van der Waals surface area contributed by atoms with Gasteiger partial charge in [-0.05, 0) is 48.9 Å². The molecule has 0 radical (unpaired) electrons. The van der Waals surface area contributed by atoms with E-state index in [4.69, 9.17) is 10.5 Å². The van der Waals surface area contributed by atoms with Crippen molar-refractivity contribution in [2.24, 2.45) is 5.73 Å². The summed E-state index contributed by atoms with van der Waals surface area (Å²) in [6.45, 7) is 1.88. The lowest BCUT2D eigenvalue weighted by Gasteiger charge is -2.09. The van der Waals surface area contributed by atoms with E-state index in [2.05, 4.69) is 21.2 Å². The maximum absolute atomic E-state index is 11.8. The molecule has 0 fully saturated rings. The average molecular weight is 349 g/mol. The second kappa shape index (κ2) is 7.24. The summed E-state index contributed by atoms with van der Waals surface area (Å²) in [6, 6.07) is 14.8. The van der Waals surface area contributed by atoms with Crippen molar-refractivity contribution in [3.63, 3.8) is 0 Å². The first kappa shape index (κ1) is 15.5. The summed E-state index contributed by atoms with van der Waals surface area (Å²) < 4.78 is 6.40. The van der Waals surface area contributed by atoms with Crippen molar-refractivity contribution < 1.29 is 9.53 Å². The molecule has 2 aromatic carbocycles. The van der Waals surface area contributed by atoms with E-state index in [-0.39, 0.29) is 18.6 Å². The number of amides is 1. The number of hydrogen-bond acceptors (Lipinski definition) is 3. The number of rotatable bonds is 5. The number of anilines is 1. The summed E-state index contributed by atoms with van der Waals surface area (Å²) >= 11 is 3.34. The number of carbonyl (C=O) groups is 1. The van der Waals surface area contributed by atoms with Crippen LogP contribution in [0.2, 0.25) is 0 Å². The Hall–Kier alpha value is -1.85. The van der Waals surface area contributed by atoms with Crippen LogP contribution in [0.4, 0.5) is 5.69 Å². The minimum atomic E-state index is -0.200. The summed E-state index contributed by atoms with van der Waals surface area (Å²) in [6.07, 6.45) is 0. The molecular formula is C16H17BrN2O2. The van der Waals surface area contributed by atoms with Gasteiger partial charge < -0.3 is 15.8 Å². The number of carbonyl (C=O) groups excluding carboxylic acids is 1. The molecule has 5 heteroatoms. The largest absolute Gasteiger partial charge is 0.484 e. The first-order valence-electron chi connectivity index (χ1n) is 6.58. The molecule has 3 N–H and O–H groups in total. The second-order valence-corrected chi connectivity index (χ2v) is 5.62. The predicted molar refractivity (Wildman–Crippen MR) is 87.3 cm³/mol. The molecular weight excluding hydrogens is 332 g/mol. The second-order valence-electron chi connectivity index (χ2n) is 4.70. The molecule has 2 aromatic rings. The Morgan fingerprint density at radius 1 is 1.19 bits per heavy atom. The highest BCUT2D eigenvalue weighted by Gasteiger charge is 2.04. The summed E-state index contributed by atoms with van der Waals surface area (Å²) in [5, 5.41) is 2.76. The Kier molecular flexibility index (Phi) is 5.36. The highest BCUT2D eigenvalue weighted by atomic mass is 79.9. The minimum absolute atomic E-state index is 0.0141. The van der Waals surface area contributed by atoms with Crippen LogP contribution < -0.4 is 15.8 Å². The van der Waals surface area contributed by atoms with Gasteiger partial charge in [0.15, 0.2) is 6.61 Å². The quantitative estimate of drug-likeness (QED) is 0.869. The van der Waals surface area contributed by atoms with Gasteiger partial charge in [-0.1, -0.05) is 28.1 Å². The van der Waals surface area contributed by atoms with Gasteiger partial charge in [-0.25, -0.2) is 0 Å². The van der Waals surface area contributed by atoms with Crippen LogP contribution in [0.1, 0.15) is 18.5 Å². The standard InChI is InChI=1S/C16H17BrN2O2/c1-11(18)12-2-8-15(9-3-12)21-10-16(20)19-14-6-4-13(17)5-7-14/h2-9,11H,10,18H2,1H3,(H,19,20)/t11-/m1/s1. The van der Waals surface area contributed by atoms with Crippen LogP contribution in [-0.2, 0) is 4.79 Å². The van der Waals surface area contributed by atoms with Crippen LogP contribution in [-0.4, -0.2) is 12.5 Å². The maximum Gasteiger partial charge on any atom is 0.262 e. The third-order valence-electron chi connectivity index (χ3n) is 2.90. The van der Waals surface area contributed by atoms with E-state index in [0.717, 1.165) is 15.7 Å². The molecule has 0 aliphatic carbocycles. The molecule has 0 saturated heterocycles. The summed E-state index contributed by atoms with van der Waals surface area (Å²) in [7, 11) is 0. The van der Waals surface area contributed by atoms with Gasteiger partial charge in [-0.3, -0.25) is 4.79 Å². The van der Waals surface area contributed by atoms with Crippen LogP contribution in [0, 0.1) is 0 Å². The molecule has 0 unspecified atom stereocenters. The van der Waals surface area contributed by atoms with Crippen LogP contribution in [0.5, 0.6) is 5.75 Å². The van der Waals surface area contributed by atoms with Crippen LogP contribution in [0.3, 0.4) is 0 Å². The van der Waals surface area contributed by atoms with Gasteiger partial charge in [0.2, 0.25) is 0 Å². The number of benzene rings is 2. The Balaban J connectivity index is 1.84. The van der Waals surface area contributed by atoms with Gasteiger partial charge in [-0.15, -0.1) is 0 Å². The monoisotopic (exact) mass is 348 g/mol. The molecule has 110 valence electrons. The van der Waals surface area contributed by atoms with E-state index in [9.17, 15) is 4.79 Å². The Labute approximate surface area is 132 Å². The lowest BCUT2D eigenvalue weighted by molar-refractivity contribution is -0.118. The molecule has 0 heterocycles. The van der Waals surface area contributed by atoms with E-state index in [1.165, 1.54) is 0 Å². The maximum atomic E-state index is 11.8. The number of nitrogens with two attached hydrogens (primary N) is 1. The predicted octanol–water partition coefficient (Wildman–Crippen LogP) is 3.49. The molecule has 1 amide bonds. The van der Waals surface area contributed by atoms with Crippen LogP contribution >= 0.6 is 15.9 Å². The minimum Gasteiger partial charge on any atom is -0.484 e. The molecule has 0 bridgehead atoms. The highest BCUT2D eigenvalue weighted by molar-refractivity contribution is 9.10. The van der Waals surface area contributed by atoms with Gasteiger partial charge in [0.1, 0.15) is 5.75 Å². The lowest BCUT2D eigenvalue weighted by Crippen LogP contribution is -2.20. The smallest absolute Gasteiger partial charge is 0.262 e. The molecule has 0 aromatic heterocycles. The van der Waals surface area contributed by atoms with E-state index >= 15 is 0 Å². The average Bonchev–Trinajstić information content (AvgIpc) is 2.48. The number of hydrogen-bond donors (Lipinski definition) is 2. The zero-order chi connectivity index (χ0) is 15.2. The van der Waals surface area contributed by atoms with Gasteiger partial charge in [-0.2, -0.15) is 0 Å². The SMILES string of the molecule is C[C@@H](N)c1ccc(OCC(=O)Nc2ccc(Br)cc2)cc1. The highest BCUT2D eigenvalue weighted by Crippen LogP contribution is 2.16. The van der Waals surface area contributed by atoms with Crippen molar-refractivity contribution in [3.05, 3.63) is 58.6 Å². The molecule has 0 aliphatic rings. The normalized spacial score (nSPS) is 11.8. The Morgan fingerprint density at radius 3 is 2.38 bits per heavy atom. The molecule has 1 atom stereocenters. The first-order valence-corrected chi connectivity index (χ1v) is 7.37. The fraction of sp³-hybridized carbons (Fsp3) is 0.188.